The van der Waals surface area contributed by atoms with E-state index in [2.05, 4.69) is 11.1 Å². The third kappa shape index (κ3) is 2.50. The molecule has 0 saturated heterocycles. The van der Waals surface area contributed by atoms with Crippen molar-refractivity contribution in [2.75, 3.05) is 0 Å². The topological polar surface area (TPSA) is 69.8 Å². The van der Waals surface area contributed by atoms with E-state index in [1.54, 1.807) is 0 Å². The Morgan fingerprint density at radius 2 is 2.00 bits per heavy atom. The number of pyridine rings is 1. The van der Waals surface area contributed by atoms with E-state index >= 15 is 0 Å². The normalized spacial score (nSPS) is 19.4. The first kappa shape index (κ1) is 16.1. The van der Waals surface area contributed by atoms with E-state index in [0.29, 0.717) is 10.8 Å². The van der Waals surface area contributed by atoms with Crippen LogP contribution in [0.3, 0.4) is 0 Å². The van der Waals surface area contributed by atoms with Crippen LogP contribution in [0, 0.1) is 36.5 Å². The molecule has 25 heavy (non-hydrogen) atoms. The minimum atomic E-state index is -0.664. The molecule has 0 saturated carbocycles. The van der Waals surface area contributed by atoms with Gasteiger partial charge in [0.25, 0.3) is 0 Å². The van der Waals surface area contributed by atoms with E-state index in [-0.39, 0.29) is 11.8 Å². The number of fused-ring (bicyclic) bond motifs is 3. The number of hydrogen-bond acceptors (Lipinski definition) is 5. The Kier molecular flexibility index (Phi) is 3.75. The van der Waals surface area contributed by atoms with Crippen molar-refractivity contribution in [1.29, 1.82) is 10.7 Å². The highest BCUT2D eigenvalue weighted by atomic mass is 35.5. The first-order chi connectivity index (χ1) is 12.0. The number of halogens is 1. The van der Waals surface area contributed by atoms with Crippen LogP contribution in [-0.2, 0) is 0 Å². The van der Waals surface area contributed by atoms with Gasteiger partial charge in [-0.05, 0) is 43.2 Å². The zero-order chi connectivity index (χ0) is 17.7. The number of nitrogens with one attached hydrogen (secondary N) is 1. The van der Waals surface area contributed by atoms with Crippen molar-refractivity contribution >= 4 is 39.1 Å². The minimum Gasteiger partial charge on any atom is -0.440 e. The van der Waals surface area contributed by atoms with Gasteiger partial charge in [-0.1, -0.05) is 23.7 Å². The molecule has 2 atom stereocenters. The van der Waals surface area contributed by atoms with Crippen LogP contribution in [0.15, 0.2) is 30.3 Å². The summed E-state index contributed by atoms with van der Waals surface area (Å²) in [6, 6.07) is 11.7. The third-order valence-electron chi connectivity index (χ3n) is 4.45. The lowest BCUT2D eigenvalue weighted by Gasteiger charge is -2.28. The predicted octanol–water partition coefficient (Wildman–Crippen LogP) is 5.21. The molecule has 2 unspecified atom stereocenters. The van der Waals surface area contributed by atoms with Gasteiger partial charge in [0.2, 0.25) is 5.90 Å². The highest BCUT2D eigenvalue weighted by Gasteiger charge is 2.39. The molecule has 0 fully saturated rings. The van der Waals surface area contributed by atoms with Crippen LogP contribution in [0.4, 0.5) is 0 Å². The van der Waals surface area contributed by atoms with Crippen molar-refractivity contribution in [2.24, 2.45) is 5.92 Å². The molecule has 2 aromatic heterocycles. The van der Waals surface area contributed by atoms with Crippen LogP contribution < -0.4 is 4.74 Å². The summed E-state index contributed by atoms with van der Waals surface area (Å²) in [5.41, 5.74) is 2.96. The Hall–Kier alpha value is -2.42. The molecule has 1 N–H and O–H groups in total. The summed E-state index contributed by atoms with van der Waals surface area (Å²) in [4.78, 5) is 6.45. The van der Waals surface area contributed by atoms with Gasteiger partial charge in [-0.3, -0.25) is 5.41 Å². The largest absolute Gasteiger partial charge is 0.440 e. The molecule has 1 aliphatic rings. The smallest absolute Gasteiger partial charge is 0.205 e. The molecule has 3 aromatic rings. The second-order valence-electron chi connectivity index (χ2n) is 6.16. The Morgan fingerprint density at radius 1 is 1.28 bits per heavy atom. The summed E-state index contributed by atoms with van der Waals surface area (Å²) in [5, 5.41) is 19.5. The summed E-state index contributed by atoms with van der Waals surface area (Å²) < 4.78 is 5.79. The van der Waals surface area contributed by atoms with Crippen LogP contribution in [-0.4, -0.2) is 10.9 Å². The minimum absolute atomic E-state index is 0.0189. The van der Waals surface area contributed by atoms with Crippen LogP contribution in [0.25, 0.3) is 10.2 Å². The highest BCUT2D eigenvalue weighted by Crippen LogP contribution is 2.50. The molecular formula is C19H14ClN3OS. The summed E-state index contributed by atoms with van der Waals surface area (Å²) in [6.45, 7) is 3.98. The molecular weight excluding hydrogens is 354 g/mol. The monoisotopic (exact) mass is 367 g/mol. The first-order valence-electron chi connectivity index (χ1n) is 7.81. The Labute approximate surface area is 154 Å². The SMILES string of the molecule is Cc1cc(C)c2c3c(sc2n1)C(c1ccc(Cl)cc1)C(C#N)C(=N)O3. The quantitative estimate of drug-likeness (QED) is 0.642. The number of ether oxygens (including phenoxy) is 1. The third-order valence-corrected chi connectivity index (χ3v) is 5.85. The summed E-state index contributed by atoms with van der Waals surface area (Å²) in [5.74, 6) is -0.267. The van der Waals surface area contributed by atoms with Crippen molar-refractivity contribution in [2.45, 2.75) is 19.8 Å². The number of hydrogen-bond donors (Lipinski definition) is 1. The molecule has 0 amide bonds. The van der Waals surface area contributed by atoms with Gasteiger partial charge >= 0.3 is 0 Å². The second-order valence-corrected chi connectivity index (χ2v) is 7.63. The fourth-order valence-corrected chi connectivity index (χ4v) is 4.87. The lowest BCUT2D eigenvalue weighted by atomic mass is 9.83. The van der Waals surface area contributed by atoms with Gasteiger partial charge in [0.05, 0.1) is 16.3 Å². The van der Waals surface area contributed by atoms with Crippen LogP contribution in [0.1, 0.15) is 27.6 Å². The zero-order valence-electron chi connectivity index (χ0n) is 13.6. The van der Waals surface area contributed by atoms with Gasteiger partial charge in [-0.2, -0.15) is 5.26 Å². The maximum absolute atomic E-state index is 9.64. The summed E-state index contributed by atoms with van der Waals surface area (Å²) in [6.07, 6.45) is 0. The van der Waals surface area contributed by atoms with Gasteiger partial charge < -0.3 is 4.74 Å². The zero-order valence-corrected chi connectivity index (χ0v) is 15.2. The van der Waals surface area contributed by atoms with E-state index in [0.717, 1.165) is 31.9 Å². The van der Waals surface area contributed by atoms with Gasteiger partial charge in [0, 0.05) is 16.6 Å². The molecule has 0 aliphatic carbocycles. The number of benzene rings is 1. The average Bonchev–Trinajstić information content (AvgIpc) is 2.92. The molecule has 6 heteroatoms. The summed E-state index contributed by atoms with van der Waals surface area (Å²) in [7, 11) is 0. The highest BCUT2D eigenvalue weighted by molar-refractivity contribution is 7.19. The molecule has 3 heterocycles. The van der Waals surface area contributed by atoms with Gasteiger partial charge in [-0.15, -0.1) is 11.3 Å². The lowest BCUT2D eigenvalue weighted by Crippen LogP contribution is -2.30. The van der Waals surface area contributed by atoms with Gasteiger partial charge in [0.15, 0.2) is 5.75 Å². The molecule has 4 nitrogen and oxygen atoms in total. The molecule has 0 radical (unpaired) electrons. The molecule has 124 valence electrons. The number of rotatable bonds is 1. The van der Waals surface area contributed by atoms with Gasteiger partial charge in [0.1, 0.15) is 10.7 Å². The van der Waals surface area contributed by atoms with Crippen molar-refractivity contribution in [3.63, 3.8) is 0 Å². The van der Waals surface area contributed by atoms with Crippen molar-refractivity contribution in [3.8, 4) is 11.8 Å². The molecule has 4 rings (SSSR count). The first-order valence-corrected chi connectivity index (χ1v) is 9.01. The Balaban J connectivity index is 2.01. The average molecular weight is 368 g/mol. The van der Waals surface area contributed by atoms with Crippen LogP contribution in [0.5, 0.6) is 5.75 Å². The van der Waals surface area contributed by atoms with E-state index in [4.69, 9.17) is 21.7 Å². The predicted molar refractivity (Wildman–Crippen MR) is 99.8 cm³/mol. The van der Waals surface area contributed by atoms with E-state index < -0.39 is 5.92 Å². The number of thiophene rings is 1. The van der Waals surface area contributed by atoms with Crippen molar-refractivity contribution < 1.29 is 4.74 Å². The van der Waals surface area contributed by atoms with E-state index in [1.807, 2.05) is 44.2 Å². The number of aromatic nitrogens is 1. The number of nitriles is 1. The second kappa shape index (κ2) is 5.83. The standard InChI is InChI=1S/C19H14ClN3OS/c1-9-7-10(2)23-19-14(9)16-17(25-19)15(13(8-21)18(22)24-16)11-3-5-12(20)6-4-11/h3-7,13,15,22H,1-2H3. The Morgan fingerprint density at radius 3 is 2.68 bits per heavy atom. The summed E-state index contributed by atoms with van der Waals surface area (Å²) >= 11 is 7.55. The number of nitrogens with zero attached hydrogens (tertiary/aromatic N) is 2. The van der Waals surface area contributed by atoms with Gasteiger partial charge in [-0.25, -0.2) is 4.98 Å². The van der Waals surface area contributed by atoms with Crippen molar-refractivity contribution in [1.82, 2.24) is 4.98 Å². The lowest BCUT2D eigenvalue weighted by molar-refractivity contribution is 0.461. The fraction of sp³-hybridized carbons (Fsp3) is 0.211. The molecule has 1 aromatic carbocycles. The Bertz CT molecular complexity index is 1050. The maximum atomic E-state index is 9.64. The van der Waals surface area contributed by atoms with Crippen molar-refractivity contribution in [3.05, 3.63) is 57.1 Å². The molecule has 0 bridgehead atoms. The van der Waals surface area contributed by atoms with Crippen LogP contribution >= 0.6 is 22.9 Å². The van der Waals surface area contributed by atoms with E-state index in [9.17, 15) is 5.26 Å². The fourth-order valence-electron chi connectivity index (χ4n) is 3.36. The maximum Gasteiger partial charge on any atom is 0.205 e. The molecule has 0 spiro atoms. The number of aryl methyl sites for hydroxylation is 2. The molecule has 1 aliphatic heterocycles. The van der Waals surface area contributed by atoms with E-state index in [1.165, 1.54) is 11.3 Å². The van der Waals surface area contributed by atoms with Crippen LogP contribution in [0.2, 0.25) is 5.02 Å².